The number of aliphatic hydroxyl groups is 3. The molecule has 0 aliphatic heterocycles. The highest BCUT2D eigenvalue weighted by molar-refractivity contribution is 14.1. The molecule has 3 atom stereocenters. The third-order valence-corrected chi connectivity index (χ3v) is 8.89. The van der Waals surface area contributed by atoms with Crippen molar-refractivity contribution in [3.63, 3.8) is 0 Å². The van der Waals surface area contributed by atoms with E-state index in [0.29, 0.717) is 32.6 Å². The zero-order valence-corrected chi connectivity index (χ0v) is 28.7. The maximum Gasteiger partial charge on any atom is 0.247 e. The van der Waals surface area contributed by atoms with Gasteiger partial charge in [-0.05, 0) is 58.9 Å². The molecule has 1 aromatic heterocycles. The number of nitrogens with zero attached hydrogens (tertiary/aromatic N) is 1. The van der Waals surface area contributed by atoms with Crippen molar-refractivity contribution in [1.82, 2.24) is 10.2 Å². The Morgan fingerprint density at radius 3 is 2.40 bits per heavy atom. The minimum absolute atomic E-state index is 0.0690. The van der Waals surface area contributed by atoms with Crippen LogP contribution in [0.5, 0.6) is 11.5 Å². The van der Waals surface area contributed by atoms with Crippen LogP contribution in [0.15, 0.2) is 46.8 Å². The molecule has 45 heavy (non-hydrogen) atoms. The van der Waals surface area contributed by atoms with Gasteiger partial charge in [0.15, 0.2) is 11.5 Å². The monoisotopic (exact) mass is 740 g/mol. The van der Waals surface area contributed by atoms with Gasteiger partial charge in [0.05, 0.1) is 42.5 Å². The van der Waals surface area contributed by atoms with Crippen LogP contribution in [0.2, 0.25) is 0 Å². The Bertz CT molecular complexity index is 1220. The molecule has 0 spiro atoms. The molecular formula is C34H49IN2O8. The first-order valence-corrected chi connectivity index (χ1v) is 17.1. The fourth-order valence-corrected chi connectivity index (χ4v) is 6.39. The number of rotatable bonds is 20. The third-order valence-electron chi connectivity index (χ3n) is 8.09. The average Bonchev–Trinajstić information content (AvgIpc) is 3.56. The predicted molar refractivity (Wildman–Crippen MR) is 180 cm³/mol. The number of hydrogen-bond donors (Lipinski definition) is 4. The standard InChI is InChI=1S/C34H49IN2O8/c1-3-4-5-6-7-8-9-10-11-12-31(40)37(21-24-13-16-44-23-24)28-19-26(34(42)36-14-15-38)20-29(32(28)41)45-33-27(35)17-25(22-39)18-30(33)43-2/h13,16-18,20,23,28-29,32,38-39,41H,3-12,14-15,19,21-22H2,1-2H3,(H,36,42)/t28-,29+,32+/m1/s1. The fourth-order valence-electron chi connectivity index (χ4n) is 5.59. The summed E-state index contributed by atoms with van der Waals surface area (Å²) < 4.78 is 17.8. The highest BCUT2D eigenvalue weighted by Gasteiger charge is 2.41. The van der Waals surface area contributed by atoms with Gasteiger partial charge < -0.3 is 39.4 Å². The Morgan fingerprint density at radius 1 is 1.07 bits per heavy atom. The van der Waals surface area contributed by atoms with E-state index in [9.17, 15) is 24.9 Å². The van der Waals surface area contributed by atoms with Gasteiger partial charge in [-0.1, -0.05) is 58.3 Å². The van der Waals surface area contributed by atoms with Gasteiger partial charge in [-0.3, -0.25) is 9.59 Å². The van der Waals surface area contributed by atoms with Gasteiger partial charge in [0.1, 0.15) is 12.2 Å². The van der Waals surface area contributed by atoms with Gasteiger partial charge in [0.2, 0.25) is 11.8 Å². The highest BCUT2D eigenvalue weighted by Crippen LogP contribution is 2.37. The third kappa shape index (κ3) is 11.3. The number of amides is 2. The molecule has 3 rings (SSSR count). The molecule has 0 unspecified atom stereocenters. The zero-order chi connectivity index (χ0) is 32.6. The number of benzene rings is 1. The molecule has 1 aliphatic rings. The van der Waals surface area contributed by atoms with Crippen LogP contribution in [0.1, 0.15) is 88.7 Å². The number of carbonyl (C=O) groups excluding carboxylic acids is 2. The second kappa shape index (κ2) is 19.8. The lowest BCUT2D eigenvalue weighted by molar-refractivity contribution is -0.139. The summed E-state index contributed by atoms with van der Waals surface area (Å²) >= 11 is 2.07. The number of carbonyl (C=O) groups is 2. The summed E-state index contributed by atoms with van der Waals surface area (Å²) in [6.45, 7) is 2.09. The van der Waals surface area contributed by atoms with E-state index in [1.54, 1.807) is 41.7 Å². The maximum absolute atomic E-state index is 13.8. The minimum atomic E-state index is -1.17. The molecule has 1 aliphatic carbocycles. The summed E-state index contributed by atoms with van der Waals surface area (Å²) in [7, 11) is 1.49. The SMILES string of the molecule is CCCCCCCCCCCC(=O)N(Cc1ccoc1)[C@@H]1CC(C(=O)NCCO)=C[C@H](Oc2c(I)cc(CO)cc2OC)[C@H]1O. The summed E-state index contributed by atoms with van der Waals surface area (Å²) in [4.78, 5) is 28.6. The molecule has 0 saturated carbocycles. The molecule has 0 radical (unpaired) electrons. The molecule has 1 aromatic carbocycles. The van der Waals surface area contributed by atoms with E-state index in [-0.39, 0.29) is 38.6 Å². The lowest BCUT2D eigenvalue weighted by Crippen LogP contribution is -2.54. The quantitative estimate of drug-likeness (QED) is 0.107. The van der Waals surface area contributed by atoms with E-state index < -0.39 is 24.2 Å². The number of unbranched alkanes of at least 4 members (excludes halogenated alkanes) is 8. The Hall–Kier alpha value is -2.61. The lowest BCUT2D eigenvalue weighted by atomic mass is 9.87. The summed E-state index contributed by atoms with van der Waals surface area (Å²) in [5.41, 5.74) is 1.76. The van der Waals surface area contributed by atoms with E-state index >= 15 is 0 Å². The van der Waals surface area contributed by atoms with Crippen molar-refractivity contribution in [1.29, 1.82) is 0 Å². The summed E-state index contributed by atoms with van der Waals surface area (Å²) in [5.74, 6) is 0.213. The molecule has 0 fully saturated rings. The molecule has 11 heteroatoms. The Morgan fingerprint density at radius 2 is 1.78 bits per heavy atom. The molecule has 1 heterocycles. The van der Waals surface area contributed by atoms with E-state index in [4.69, 9.17) is 13.9 Å². The first-order valence-electron chi connectivity index (χ1n) is 16.0. The first-order chi connectivity index (χ1) is 21.8. The van der Waals surface area contributed by atoms with Gasteiger partial charge in [-0.15, -0.1) is 0 Å². The molecular weight excluding hydrogens is 691 g/mol. The lowest BCUT2D eigenvalue weighted by Gasteiger charge is -2.40. The maximum atomic E-state index is 13.8. The van der Waals surface area contributed by atoms with Crippen LogP contribution in [0.3, 0.4) is 0 Å². The van der Waals surface area contributed by atoms with Gasteiger partial charge in [0, 0.05) is 37.1 Å². The van der Waals surface area contributed by atoms with Crippen molar-refractivity contribution >= 4 is 34.4 Å². The van der Waals surface area contributed by atoms with E-state index in [1.165, 1.54) is 39.2 Å². The van der Waals surface area contributed by atoms with Crippen LogP contribution >= 0.6 is 22.6 Å². The predicted octanol–water partition coefficient (Wildman–Crippen LogP) is 5.25. The summed E-state index contributed by atoms with van der Waals surface area (Å²) in [5, 5.41) is 33.4. The molecule has 250 valence electrons. The second-order valence-corrected chi connectivity index (χ2v) is 12.7. The molecule has 0 saturated heterocycles. The zero-order valence-electron chi connectivity index (χ0n) is 26.5. The van der Waals surface area contributed by atoms with Crippen LogP contribution < -0.4 is 14.8 Å². The van der Waals surface area contributed by atoms with Crippen molar-refractivity contribution < 1.29 is 38.8 Å². The van der Waals surface area contributed by atoms with Crippen molar-refractivity contribution in [3.8, 4) is 11.5 Å². The van der Waals surface area contributed by atoms with Crippen molar-refractivity contribution in [2.24, 2.45) is 0 Å². The highest BCUT2D eigenvalue weighted by atomic mass is 127. The molecule has 2 aromatic rings. The van der Waals surface area contributed by atoms with E-state index in [2.05, 4.69) is 34.8 Å². The Balaban J connectivity index is 1.82. The van der Waals surface area contributed by atoms with Crippen LogP contribution in [-0.4, -0.2) is 70.5 Å². The molecule has 0 bridgehead atoms. The largest absolute Gasteiger partial charge is 0.493 e. The summed E-state index contributed by atoms with van der Waals surface area (Å²) in [6, 6.07) is 4.42. The molecule has 4 N–H and O–H groups in total. The fraction of sp³-hybridized carbons (Fsp3) is 0.588. The van der Waals surface area contributed by atoms with Crippen molar-refractivity contribution in [2.45, 2.75) is 109 Å². The van der Waals surface area contributed by atoms with Gasteiger partial charge in [-0.2, -0.15) is 0 Å². The van der Waals surface area contributed by atoms with Crippen LogP contribution in [-0.2, 0) is 22.7 Å². The number of methoxy groups -OCH3 is 1. The smallest absolute Gasteiger partial charge is 0.247 e. The Labute approximate surface area is 280 Å². The van der Waals surface area contributed by atoms with Crippen LogP contribution in [0.4, 0.5) is 0 Å². The first kappa shape index (κ1) is 36.9. The number of nitrogens with one attached hydrogen (secondary N) is 1. The van der Waals surface area contributed by atoms with Crippen LogP contribution in [0, 0.1) is 3.57 Å². The second-order valence-electron chi connectivity index (χ2n) is 11.5. The van der Waals surface area contributed by atoms with Gasteiger partial charge in [-0.25, -0.2) is 0 Å². The number of aliphatic hydroxyl groups excluding tert-OH is 3. The Kier molecular flexibility index (Phi) is 16.2. The van der Waals surface area contributed by atoms with E-state index in [1.807, 2.05) is 0 Å². The normalized spacial score (nSPS) is 17.9. The minimum Gasteiger partial charge on any atom is -0.493 e. The topological polar surface area (TPSA) is 142 Å². The number of ether oxygens (including phenoxy) is 2. The average molecular weight is 741 g/mol. The van der Waals surface area contributed by atoms with Gasteiger partial charge >= 0.3 is 0 Å². The number of halogens is 1. The van der Waals surface area contributed by atoms with Crippen molar-refractivity contribution in [2.75, 3.05) is 20.3 Å². The summed E-state index contributed by atoms with van der Waals surface area (Å²) in [6.07, 6.45) is 13.2. The number of hydrogen-bond acceptors (Lipinski definition) is 8. The van der Waals surface area contributed by atoms with Crippen molar-refractivity contribution in [3.05, 3.63) is 57.1 Å². The van der Waals surface area contributed by atoms with Gasteiger partial charge in [0.25, 0.3) is 0 Å². The van der Waals surface area contributed by atoms with E-state index in [0.717, 1.165) is 31.2 Å². The number of furan rings is 1. The molecule has 10 nitrogen and oxygen atoms in total. The van der Waals surface area contributed by atoms with Crippen LogP contribution in [0.25, 0.3) is 0 Å². The molecule has 2 amide bonds.